The van der Waals surface area contributed by atoms with Crippen LogP contribution in [-0.2, 0) is 0 Å². The van der Waals surface area contributed by atoms with Gasteiger partial charge in [0, 0.05) is 24.3 Å². The summed E-state index contributed by atoms with van der Waals surface area (Å²) in [6.07, 6.45) is 0.358. The summed E-state index contributed by atoms with van der Waals surface area (Å²) in [7, 11) is 0. The second-order valence-corrected chi connectivity index (χ2v) is 4.27. The molecule has 19 heavy (non-hydrogen) atoms. The van der Waals surface area contributed by atoms with E-state index in [4.69, 9.17) is 10.5 Å². The summed E-state index contributed by atoms with van der Waals surface area (Å²) in [5.74, 6) is 0. The first-order valence-corrected chi connectivity index (χ1v) is 5.83. The molecule has 0 bridgehead atoms. The first-order chi connectivity index (χ1) is 9.01. The van der Waals surface area contributed by atoms with E-state index in [-0.39, 0.29) is 17.3 Å². The fourth-order valence-corrected chi connectivity index (χ4v) is 1.81. The van der Waals surface area contributed by atoms with Crippen molar-refractivity contribution in [3.8, 4) is 12.1 Å². The van der Waals surface area contributed by atoms with Crippen molar-refractivity contribution in [1.29, 1.82) is 10.5 Å². The second kappa shape index (κ2) is 6.36. The number of anilines is 1. The first-order valence-electron chi connectivity index (χ1n) is 5.83. The Labute approximate surface area is 111 Å². The van der Waals surface area contributed by atoms with Crippen molar-refractivity contribution in [3.63, 3.8) is 0 Å². The van der Waals surface area contributed by atoms with Crippen LogP contribution in [0.25, 0.3) is 0 Å². The largest absolute Gasteiger partial charge is 0.368 e. The average Bonchev–Trinajstić information content (AvgIpc) is 2.38. The molecule has 0 spiro atoms. The molecule has 0 saturated heterocycles. The highest BCUT2D eigenvalue weighted by molar-refractivity contribution is 5.60. The molecule has 0 saturated carbocycles. The molecule has 98 valence electrons. The maximum Gasteiger partial charge on any atom is 0.287 e. The maximum atomic E-state index is 10.8. The van der Waals surface area contributed by atoms with Crippen LogP contribution >= 0.6 is 0 Å². The van der Waals surface area contributed by atoms with Gasteiger partial charge >= 0.3 is 0 Å². The van der Waals surface area contributed by atoms with Crippen LogP contribution in [0, 0.1) is 32.8 Å². The normalized spacial score (nSPS) is 9.74. The van der Waals surface area contributed by atoms with Gasteiger partial charge in [-0.1, -0.05) is 0 Å². The highest BCUT2D eigenvalue weighted by Gasteiger charge is 2.17. The third-order valence-corrected chi connectivity index (χ3v) is 2.72. The standard InChI is InChI=1S/C13H14N4O2/c1-10(2)16(7-3-6-14)12-4-5-13(17(18)19)11(8-12)9-15/h4-5,8,10H,3,7H2,1-2H3. The molecule has 0 aliphatic heterocycles. The molecular formula is C13H14N4O2. The monoisotopic (exact) mass is 258 g/mol. The number of nitro groups is 1. The van der Waals surface area contributed by atoms with Gasteiger partial charge in [0.2, 0.25) is 0 Å². The zero-order valence-corrected chi connectivity index (χ0v) is 10.8. The lowest BCUT2D eigenvalue weighted by Crippen LogP contribution is -2.31. The number of benzene rings is 1. The van der Waals surface area contributed by atoms with E-state index >= 15 is 0 Å². The highest BCUT2D eigenvalue weighted by atomic mass is 16.6. The quantitative estimate of drug-likeness (QED) is 0.597. The minimum Gasteiger partial charge on any atom is -0.368 e. The lowest BCUT2D eigenvalue weighted by molar-refractivity contribution is -0.385. The number of rotatable bonds is 5. The van der Waals surface area contributed by atoms with E-state index in [1.165, 1.54) is 12.1 Å². The van der Waals surface area contributed by atoms with Crippen molar-refractivity contribution < 1.29 is 4.92 Å². The van der Waals surface area contributed by atoms with Gasteiger partial charge in [0.05, 0.1) is 17.4 Å². The van der Waals surface area contributed by atoms with E-state index in [9.17, 15) is 10.1 Å². The average molecular weight is 258 g/mol. The zero-order valence-electron chi connectivity index (χ0n) is 10.8. The fourth-order valence-electron chi connectivity index (χ4n) is 1.81. The van der Waals surface area contributed by atoms with E-state index in [1.807, 2.05) is 24.8 Å². The Balaban J connectivity index is 3.16. The van der Waals surface area contributed by atoms with Crippen LogP contribution in [0.3, 0.4) is 0 Å². The Morgan fingerprint density at radius 3 is 2.58 bits per heavy atom. The van der Waals surface area contributed by atoms with Crippen molar-refractivity contribution in [2.75, 3.05) is 11.4 Å². The Morgan fingerprint density at radius 1 is 1.42 bits per heavy atom. The number of hydrogen-bond donors (Lipinski definition) is 0. The van der Waals surface area contributed by atoms with Gasteiger partial charge in [-0.2, -0.15) is 10.5 Å². The van der Waals surface area contributed by atoms with Gasteiger partial charge < -0.3 is 4.90 Å². The van der Waals surface area contributed by atoms with Gasteiger partial charge in [-0.3, -0.25) is 10.1 Å². The van der Waals surface area contributed by atoms with E-state index in [0.29, 0.717) is 18.7 Å². The van der Waals surface area contributed by atoms with Crippen LogP contribution < -0.4 is 4.90 Å². The Hall–Kier alpha value is -2.60. The molecule has 0 aromatic heterocycles. The topological polar surface area (TPSA) is 94.0 Å². The van der Waals surface area contributed by atoms with E-state index < -0.39 is 4.92 Å². The van der Waals surface area contributed by atoms with E-state index in [1.54, 1.807) is 6.07 Å². The summed E-state index contributed by atoms with van der Waals surface area (Å²) in [6.45, 7) is 4.45. The summed E-state index contributed by atoms with van der Waals surface area (Å²) in [5.41, 5.74) is 0.549. The predicted molar refractivity (Wildman–Crippen MR) is 70.5 cm³/mol. The third-order valence-electron chi connectivity index (χ3n) is 2.72. The molecule has 0 atom stereocenters. The minimum absolute atomic E-state index is 0.0325. The summed E-state index contributed by atoms with van der Waals surface area (Å²) in [5, 5.41) is 28.4. The fraction of sp³-hybridized carbons (Fsp3) is 0.385. The van der Waals surface area contributed by atoms with E-state index in [0.717, 1.165) is 0 Å². The van der Waals surface area contributed by atoms with Crippen LogP contribution in [0.2, 0.25) is 0 Å². The molecule has 0 unspecified atom stereocenters. The van der Waals surface area contributed by atoms with Gasteiger partial charge in [0.25, 0.3) is 5.69 Å². The molecule has 0 aliphatic rings. The molecule has 1 rings (SSSR count). The molecule has 0 radical (unpaired) electrons. The molecule has 0 aliphatic carbocycles. The summed E-state index contributed by atoms with van der Waals surface area (Å²) in [4.78, 5) is 12.1. The van der Waals surface area contributed by atoms with Crippen LogP contribution in [0.5, 0.6) is 0 Å². The van der Waals surface area contributed by atoms with Crippen LogP contribution in [0.1, 0.15) is 25.8 Å². The van der Waals surface area contributed by atoms with Crippen molar-refractivity contribution >= 4 is 11.4 Å². The lowest BCUT2D eigenvalue weighted by atomic mass is 10.1. The smallest absolute Gasteiger partial charge is 0.287 e. The Kier molecular flexibility index (Phi) is 4.84. The minimum atomic E-state index is -0.572. The molecule has 0 fully saturated rings. The van der Waals surface area contributed by atoms with Crippen molar-refractivity contribution in [2.45, 2.75) is 26.3 Å². The molecule has 0 heterocycles. The second-order valence-electron chi connectivity index (χ2n) is 4.27. The van der Waals surface area contributed by atoms with E-state index in [2.05, 4.69) is 6.07 Å². The van der Waals surface area contributed by atoms with Crippen molar-refractivity contribution in [3.05, 3.63) is 33.9 Å². The molecule has 1 aromatic rings. The molecule has 6 nitrogen and oxygen atoms in total. The molecule has 1 aromatic carbocycles. The van der Waals surface area contributed by atoms with Gasteiger partial charge in [0.1, 0.15) is 11.6 Å². The van der Waals surface area contributed by atoms with Gasteiger partial charge in [-0.05, 0) is 26.0 Å². The summed E-state index contributed by atoms with van der Waals surface area (Å²) < 4.78 is 0. The number of nitrogens with zero attached hydrogens (tertiary/aromatic N) is 4. The van der Waals surface area contributed by atoms with Crippen LogP contribution in [0.4, 0.5) is 11.4 Å². The van der Waals surface area contributed by atoms with Gasteiger partial charge in [0.15, 0.2) is 0 Å². The molecular weight excluding hydrogens is 244 g/mol. The number of nitro benzene ring substituents is 1. The third kappa shape index (κ3) is 3.43. The maximum absolute atomic E-state index is 10.8. The predicted octanol–water partition coefficient (Wildman–Crippen LogP) is 2.59. The van der Waals surface area contributed by atoms with Gasteiger partial charge in [-0.25, -0.2) is 0 Å². The SMILES string of the molecule is CC(C)N(CCC#N)c1ccc([N+](=O)[O-])c(C#N)c1. The highest BCUT2D eigenvalue weighted by Crippen LogP contribution is 2.25. The molecule has 6 heteroatoms. The molecule has 0 amide bonds. The van der Waals surface area contributed by atoms with Crippen LogP contribution in [0.15, 0.2) is 18.2 Å². The lowest BCUT2D eigenvalue weighted by Gasteiger charge is -2.28. The number of hydrogen-bond acceptors (Lipinski definition) is 5. The molecule has 0 N–H and O–H groups in total. The first kappa shape index (κ1) is 14.5. The van der Waals surface area contributed by atoms with Crippen LogP contribution in [-0.4, -0.2) is 17.5 Å². The zero-order chi connectivity index (χ0) is 14.4. The summed E-state index contributed by atoms with van der Waals surface area (Å²) in [6, 6.07) is 8.47. The van der Waals surface area contributed by atoms with Crippen molar-refractivity contribution in [1.82, 2.24) is 0 Å². The number of nitriles is 2. The van der Waals surface area contributed by atoms with Gasteiger partial charge in [-0.15, -0.1) is 0 Å². The Bertz CT molecular complexity index is 555. The Morgan fingerprint density at radius 2 is 2.11 bits per heavy atom. The summed E-state index contributed by atoms with van der Waals surface area (Å²) >= 11 is 0. The van der Waals surface area contributed by atoms with Crippen molar-refractivity contribution in [2.24, 2.45) is 0 Å².